The predicted octanol–water partition coefficient (Wildman–Crippen LogP) is 5.62. The van der Waals surface area contributed by atoms with Gasteiger partial charge in [-0.25, -0.2) is 0 Å². The second-order valence-corrected chi connectivity index (χ2v) is 6.67. The average Bonchev–Trinajstić information content (AvgIpc) is 2.66. The lowest BCUT2D eigenvalue weighted by molar-refractivity contribution is -0.150. The number of hydrogen-bond acceptors (Lipinski definition) is 3. The summed E-state index contributed by atoms with van der Waals surface area (Å²) < 4.78 is 11.5. The zero-order valence-electron chi connectivity index (χ0n) is 16.1. The Morgan fingerprint density at radius 1 is 1.00 bits per heavy atom. The molecule has 0 aromatic heterocycles. The molecule has 3 heteroatoms. The van der Waals surface area contributed by atoms with E-state index in [9.17, 15) is 4.79 Å². The SMILES string of the molecule is CCC[C@H](C[C@H](OCc1ccc(C)cc1)c1ccccc1)C(=O)OCC. The van der Waals surface area contributed by atoms with Crippen LogP contribution in [0.4, 0.5) is 0 Å². The fraction of sp³-hybridized carbons (Fsp3) is 0.435. The summed E-state index contributed by atoms with van der Waals surface area (Å²) in [6.07, 6.45) is 2.28. The lowest BCUT2D eigenvalue weighted by atomic mass is 9.93. The summed E-state index contributed by atoms with van der Waals surface area (Å²) in [5.74, 6) is -0.252. The van der Waals surface area contributed by atoms with Gasteiger partial charge in [-0.3, -0.25) is 4.79 Å². The van der Waals surface area contributed by atoms with Crippen LogP contribution in [0.1, 0.15) is 55.9 Å². The van der Waals surface area contributed by atoms with Gasteiger partial charge < -0.3 is 9.47 Å². The first-order valence-corrected chi connectivity index (χ1v) is 9.52. The fourth-order valence-electron chi connectivity index (χ4n) is 3.05. The summed E-state index contributed by atoms with van der Waals surface area (Å²) in [6, 6.07) is 18.5. The maximum atomic E-state index is 12.3. The molecule has 0 N–H and O–H groups in total. The standard InChI is InChI=1S/C23H30O3/c1-4-9-21(23(24)25-5-2)16-22(20-10-7-6-8-11-20)26-17-19-14-12-18(3)13-15-19/h6-8,10-15,21-22H,4-5,9,16-17H2,1-3H3/t21-,22+/m1/s1. The van der Waals surface area contributed by atoms with Gasteiger partial charge in [0.1, 0.15) is 0 Å². The van der Waals surface area contributed by atoms with Crippen molar-refractivity contribution < 1.29 is 14.3 Å². The molecule has 0 bridgehead atoms. The van der Waals surface area contributed by atoms with E-state index in [1.165, 1.54) is 5.56 Å². The molecule has 26 heavy (non-hydrogen) atoms. The molecule has 2 aromatic rings. The molecule has 0 aliphatic rings. The van der Waals surface area contributed by atoms with E-state index in [1.54, 1.807) is 0 Å². The third-order valence-electron chi connectivity index (χ3n) is 4.50. The molecule has 0 saturated carbocycles. The van der Waals surface area contributed by atoms with E-state index >= 15 is 0 Å². The first kappa shape index (κ1) is 20.2. The van der Waals surface area contributed by atoms with E-state index in [0.29, 0.717) is 19.6 Å². The molecular weight excluding hydrogens is 324 g/mol. The Hall–Kier alpha value is -2.13. The van der Waals surface area contributed by atoms with E-state index in [4.69, 9.17) is 9.47 Å². The molecule has 0 unspecified atom stereocenters. The van der Waals surface area contributed by atoms with Gasteiger partial charge >= 0.3 is 5.97 Å². The minimum absolute atomic E-state index is 0.116. The summed E-state index contributed by atoms with van der Waals surface area (Å²) >= 11 is 0. The van der Waals surface area contributed by atoms with Crippen LogP contribution in [0.5, 0.6) is 0 Å². The molecule has 0 aliphatic carbocycles. The molecule has 140 valence electrons. The molecule has 0 saturated heterocycles. The summed E-state index contributed by atoms with van der Waals surface area (Å²) in [6.45, 7) is 6.97. The molecule has 0 heterocycles. The van der Waals surface area contributed by atoms with E-state index in [2.05, 4.69) is 50.2 Å². The normalized spacial score (nSPS) is 13.2. The molecule has 0 amide bonds. The van der Waals surface area contributed by atoms with E-state index in [0.717, 1.165) is 24.0 Å². The van der Waals surface area contributed by atoms with Crippen molar-refractivity contribution in [1.29, 1.82) is 0 Å². The average molecular weight is 354 g/mol. The number of carbonyl (C=O) groups excluding carboxylic acids is 1. The van der Waals surface area contributed by atoms with Crippen LogP contribution in [0, 0.1) is 12.8 Å². The van der Waals surface area contributed by atoms with Gasteiger partial charge in [0.2, 0.25) is 0 Å². The van der Waals surface area contributed by atoms with Crippen molar-refractivity contribution in [2.24, 2.45) is 5.92 Å². The summed E-state index contributed by atoms with van der Waals surface area (Å²) in [7, 11) is 0. The molecular formula is C23H30O3. The van der Waals surface area contributed by atoms with Gasteiger partial charge in [-0.2, -0.15) is 0 Å². The number of benzene rings is 2. The van der Waals surface area contributed by atoms with Crippen LogP contribution in [0.25, 0.3) is 0 Å². The van der Waals surface area contributed by atoms with Crippen LogP contribution in [-0.2, 0) is 20.9 Å². The van der Waals surface area contributed by atoms with Gasteiger partial charge in [0, 0.05) is 0 Å². The van der Waals surface area contributed by atoms with Crippen molar-refractivity contribution in [3.63, 3.8) is 0 Å². The Kier molecular flexibility index (Phi) is 8.36. The largest absolute Gasteiger partial charge is 0.466 e. The molecule has 0 fully saturated rings. The Labute approximate surface area is 157 Å². The van der Waals surface area contributed by atoms with Gasteiger partial charge in [0.25, 0.3) is 0 Å². The number of rotatable bonds is 10. The minimum Gasteiger partial charge on any atom is -0.466 e. The zero-order valence-corrected chi connectivity index (χ0v) is 16.1. The molecule has 0 spiro atoms. The van der Waals surface area contributed by atoms with Crippen LogP contribution in [0.3, 0.4) is 0 Å². The first-order chi connectivity index (χ1) is 12.6. The molecule has 2 aromatic carbocycles. The van der Waals surface area contributed by atoms with Crippen LogP contribution in [0.2, 0.25) is 0 Å². The molecule has 0 aliphatic heterocycles. The predicted molar refractivity (Wildman–Crippen MR) is 105 cm³/mol. The van der Waals surface area contributed by atoms with Gasteiger partial charge in [-0.15, -0.1) is 0 Å². The summed E-state index contributed by atoms with van der Waals surface area (Å²) in [4.78, 5) is 12.3. The monoisotopic (exact) mass is 354 g/mol. The highest BCUT2D eigenvalue weighted by molar-refractivity contribution is 5.72. The van der Waals surface area contributed by atoms with Crippen molar-refractivity contribution >= 4 is 5.97 Å². The minimum atomic E-state index is -0.136. The van der Waals surface area contributed by atoms with Gasteiger partial charge in [-0.1, -0.05) is 73.5 Å². The number of hydrogen-bond donors (Lipinski definition) is 0. The van der Waals surface area contributed by atoms with Crippen molar-refractivity contribution in [3.8, 4) is 0 Å². The quantitative estimate of drug-likeness (QED) is 0.519. The van der Waals surface area contributed by atoms with Crippen LogP contribution < -0.4 is 0 Å². The highest BCUT2D eigenvalue weighted by Gasteiger charge is 2.25. The van der Waals surface area contributed by atoms with E-state index in [-0.39, 0.29) is 18.0 Å². The molecule has 2 rings (SSSR count). The summed E-state index contributed by atoms with van der Waals surface area (Å²) in [5, 5.41) is 0. The third-order valence-corrected chi connectivity index (χ3v) is 4.50. The van der Waals surface area contributed by atoms with Crippen LogP contribution in [-0.4, -0.2) is 12.6 Å². The Bertz CT molecular complexity index is 649. The Morgan fingerprint density at radius 2 is 1.69 bits per heavy atom. The molecule has 0 radical (unpaired) electrons. The molecule has 2 atom stereocenters. The second-order valence-electron chi connectivity index (χ2n) is 6.67. The van der Waals surface area contributed by atoms with Crippen LogP contribution in [0.15, 0.2) is 54.6 Å². The summed E-state index contributed by atoms with van der Waals surface area (Å²) in [5.41, 5.74) is 3.48. The first-order valence-electron chi connectivity index (χ1n) is 9.52. The van der Waals surface area contributed by atoms with Gasteiger partial charge in [-0.05, 0) is 37.8 Å². The fourth-order valence-corrected chi connectivity index (χ4v) is 3.05. The van der Waals surface area contributed by atoms with Gasteiger partial charge in [0.15, 0.2) is 0 Å². The lowest BCUT2D eigenvalue weighted by Gasteiger charge is -2.23. The highest BCUT2D eigenvalue weighted by atomic mass is 16.5. The maximum Gasteiger partial charge on any atom is 0.309 e. The second kappa shape index (κ2) is 10.8. The maximum absolute atomic E-state index is 12.3. The van der Waals surface area contributed by atoms with Crippen molar-refractivity contribution in [3.05, 3.63) is 71.3 Å². The van der Waals surface area contributed by atoms with E-state index in [1.807, 2.05) is 25.1 Å². The number of esters is 1. The molecule has 3 nitrogen and oxygen atoms in total. The lowest BCUT2D eigenvalue weighted by Crippen LogP contribution is -2.21. The topological polar surface area (TPSA) is 35.5 Å². The smallest absolute Gasteiger partial charge is 0.309 e. The van der Waals surface area contributed by atoms with Crippen molar-refractivity contribution in [2.45, 2.75) is 52.7 Å². The van der Waals surface area contributed by atoms with Crippen LogP contribution >= 0.6 is 0 Å². The number of carbonyl (C=O) groups is 1. The Balaban J connectivity index is 2.12. The zero-order chi connectivity index (χ0) is 18.8. The highest BCUT2D eigenvalue weighted by Crippen LogP contribution is 2.29. The van der Waals surface area contributed by atoms with Crippen molar-refractivity contribution in [1.82, 2.24) is 0 Å². The number of ether oxygens (including phenoxy) is 2. The Morgan fingerprint density at radius 3 is 2.31 bits per heavy atom. The third kappa shape index (κ3) is 6.30. The van der Waals surface area contributed by atoms with Crippen molar-refractivity contribution in [2.75, 3.05) is 6.61 Å². The van der Waals surface area contributed by atoms with E-state index < -0.39 is 0 Å². The number of aryl methyl sites for hydroxylation is 1. The van der Waals surface area contributed by atoms with Gasteiger partial charge in [0.05, 0.1) is 25.2 Å².